The summed E-state index contributed by atoms with van der Waals surface area (Å²) in [6.45, 7) is 3.01. The molecule has 2 N–H and O–H groups in total. The van der Waals surface area contributed by atoms with Crippen molar-refractivity contribution < 1.29 is 0 Å². The zero-order valence-corrected chi connectivity index (χ0v) is 9.76. The molecule has 17 heavy (non-hydrogen) atoms. The molecular weight excluding hydrogens is 214 g/mol. The van der Waals surface area contributed by atoms with E-state index >= 15 is 0 Å². The fraction of sp³-hybridized carbons (Fsp3) is 0.500. The molecule has 0 atom stereocenters. The number of hydrogen-bond acceptors (Lipinski definition) is 4. The molecule has 1 fully saturated rings. The smallest absolute Gasteiger partial charge is 0.160 e. The minimum atomic E-state index is 0.604. The summed E-state index contributed by atoms with van der Waals surface area (Å²) in [4.78, 5) is 0. The third-order valence-electron chi connectivity index (χ3n) is 3.27. The lowest BCUT2D eigenvalue weighted by Crippen LogP contribution is -2.39. The number of nitrogens with one attached hydrogen (secondary N) is 2. The average Bonchev–Trinajstić information content (AvgIpc) is 2.81. The quantitative estimate of drug-likeness (QED) is 0.811. The molecule has 0 unspecified atom stereocenters. The van der Waals surface area contributed by atoms with Gasteiger partial charge in [-0.2, -0.15) is 0 Å². The van der Waals surface area contributed by atoms with E-state index in [1.165, 1.54) is 12.8 Å². The summed E-state index contributed by atoms with van der Waals surface area (Å²) in [5, 5.41) is 15.3. The number of hydrogen-bond donors (Lipinski definition) is 2. The SMILES string of the molecule is c1ccn2c(CNC3CCNCC3)nnc2c1. The largest absolute Gasteiger partial charge is 0.317 e. The van der Waals surface area contributed by atoms with E-state index in [1.807, 2.05) is 28.8 Å². The molecule has 0 aliphatic carbocycles. The number of fused-ring (bicyclic) bond motifs is 1. The first-order valence-corrected chi connectivity index (χ1v) is 6.16. The Kier molecular flexibility index (Phi) is 3.02. The highest BCUT2D eigenvalue weighted by Crippen LogP contribution is 2.05. The normalized spacial score (nSPS) is 17.6. The second kappa shape index (κ2) is 4.81. The van der Waals surface area contributed by atoms with E-state index in [2.05, 4.69) is 20.8 Å². The van der Waals surface area contributed by atoms with Crippen LogP contribution in [-0.4, -0.2) is 33.7 Å². The molecule has 0 spiro atoms. The average molecular weight is 231 g/mol. The van der Waals surface area contributed by atoms with Gasteiger partial charge in [0.05, 0.1) is 6.54 Å². The highest BCUT2D eigenvalue weighted by molar-refractivity contribution is 5.36. The van der Waals surface area contributed by atoms with Crippen molar-refractivity contribution in [1.29, 1.82) is 0 Å². The Morgan fingerprint density at radius 1 is 1.29 bits per heavy atom. The highest BCUT2D eigenvalue weighted by atomic mass is 15.3. The maximum atomic E-state index is 4.21. The van der Waals surface area contributed by atoms with Gasteiger partial charge in [0.2, 0.25) is 0 Å². The van der Waals surface area contributed by atoms with Crippen LogP contribution in [0.3, 0.4) is 0 Å². The minimum Gasteiger partial charge on any atom is -0.317 e. The van der Waals surface area contributed by atoms with Gasteiger partial charge in [-0.3, -0.25) is 4.40 Å². The van der Waals surface area contributed by atoms with Crippen LogP contribution in [0.5, 0.6) is 0 Å². The molecule has 0 radical (unpaired) electrons. The van der Waals surface area contributed by atoms with Crippen LogP contribution < -0.4 is 10.6 Å². The van der Waals surface area contributed by atoms with Crippen LogP contribution in [0.25, 0.3) is 5.65 Å². The minimum absolute atomic E-state index is 0.604. The fourth-order valence-corrected chi connectivity index (χ4v) is 2.27. The summed E-state index contributed by atoms with van der Waals surface area (Å²) in [7, 11) is 0. The van der Waals surface area contributed by atoms with Crippen molar-refractivity contribution in [3.8, 4) is 0 Å². The number of piperidine rings is 1. The Labute approximate surface area is 100 Å². The van der Waals surface area contributed by atoms with Crippen molar-refractivity contribution in [2.75, 3.05) is 13.1 Å². The first kappa shape index (κ1) is 10.7. The first-order valence-electron chi connectivity index (χ1n) is 6.16. The van der Waals surface area contributed by atoms with Crippen molar-refractivity contribution in [1.82, 2.24) is 25.2 Å². The van der Waals surface area contributed by atoms with E-state index in [9.17, 15) is 0 Å². The van der Waals surface area contributed by atoms with E-state index in [0.29, 0.717) is 6.04 Å². The molecule has 0 amide bonds. The van der Waals surface area contributed by atoms with Crippen LogP contribution in [0.15, 0.2) is 24.4 Å². The molecule has 0 bridgehead atoms. The lowest BCUT2D eigenvalue weighted by molar-refractivity contribution is 0.382. The molecule has 3 heterocycles. The predicted molar refractivity (Wildman–Crippen MR) is 65.7 cm³/mol. The van der Waals surface area contributed by atoms with Gasteiger partial charge in [-0.05, 0) is 38.1 Å². The Balaban J connectivity index is 1.68. The van der Waals surface area contributed by atoms with E-state index in [0.717, 1.165) is 31.1 Å². The lowest BCUT2D eigenvalue weighted by atomic mass is 10.1. The van der Waals surface area contributed by atoms with Gasteiger partial charge in [0.25, 0.3) is 0 Å². The molecular formula is C12H17N5. The Hall–Kier alpha value is -1.46. The van der Waals surface area contributed by atoms with E-state index in [4.69, 9.17) is 0 Å². The Morgan fingerprint density at radius 3 is 3.06 bits per heavy atom. The van der Waals surface area contributed by atoms with Crippen molar-refractivity contribution in [2.45, 2.75) is 25.4 Å². The van der Waals surface area contributed by atoms with Crippen LogP contribution in [-0.2, 0) is 6.54 Å². The molecule has 1 aliphatic rings. The summed E-state index contributed by atoms with van der Waals surface area (Å²) in [5.74, 6) is 0.985. The maximum absolute atomic E-state index is 4.21. The highest BCUT2D eigenvalue weighted by Gasteiger charge is 2.13. The van der Waals surface area contributed by atoms with Crippen molar-refractivity contribution >= 4 is 5.65 Å². The van der Waals surface area contributed by atoms with E-state index < -0.39 is 0 Å². The molecule has 0 saturated carbocycles. The second-order valence-corrected chi connectivity index (χ2v) is 4.45. The summed E-state index contributed by atoms with van der Waals surface area (Å²) < 4.78 is 2.04. The second-order valence-electron chi connectivity index (χ2n) is 4.45. The number of aromatic nitrogens is 3. The topological polar surface area (TPSA) is 54.2 Å². The molecule has 90 valence electrons. The van der Waals surface area contributed by atoms with Crippen molar-refractivity contribution in [2.24, 2.45) is 0 Å². The van der Waals surface area contributed by atoms with Gasteiger partial charge in [0, 0.05) is 12.2 Å². The molecule has 1 saturated heterocycles. The van der Waals surface area contributed by atoms with E-state index in [1.54, 1.807) is 0 Å². The van der Waals surface area contributed by atoms with Gasteiger partial charge in [-0.1, -0.05) is 6.07 Å². The fourth-order valence-electron chi connectivity index (χ4n) is 2.27. The van der Waals surface area contributed by atoms with E-state index in [-0.39, 0.29) is 0 Å². The first-order chi connectivity index (χ1) is 8.43. The summed E-state index contributed by atoms with van der Waals surface area (Å²) in [5.41, 5.74) is 0.912. The summed E-state index contributed by atoms with van der Waals surface area (Å²) in [6, 6.07) is 6.56. The maximum Gasteiger partial charge on any atom is 0.160 e. The molecule has 2 aromatic rings. The monoisotopic (exact) mass is 231 g/mol. The van der Waals surface area contributed by atoms with Crippen LogP contribution >= 0.6 is 0 Å². The van der Waals surface area contributed by atoms with Crippen LogP contribution in [0.2, 0.25) is 0 Å². The standard InChI is InChI=1S/C12H17N5/c1-2-8-17-11(3-1)15-16-12(17)9-14-10-4-6-13-7-5-10/h1-3,8,10,13-14H,4-7,9H2. The molecule has 3 rings (SSSR count). The third-order valence-corrected chi connectivity index (χ3v) is 3.27. The van der Waals surface area contributed by atoms with Gasteiger partial charge in [0.15, 0.2) is 11.5 Å². The number of nitrogens with zero attached hydrogens (tertiary/aromatic N) is 3. The zero-order valence-electron chi connectivity index (χ0n) is 9.76. The van der Waals surface area contributed by atoms with Gasteiger partial charge in [-0.15, -0.1) is 10.2 Å². The predicted octanol–water partition coefficient (Wildman–Crippen LogP) is 0.571. The molecule has 2 aromatic heterocycles. The van der Waals surface area contributed by atoms with Gasteiger partial charge in [-0.25, -0.2) is 0 Å². The molecule has 5 heteroatoms. The number of pyridine rings is 1. The molecule has 1 aliphatic heterocycles. The summed E-state index contributed by atoms with van der Waals surface area (Å²) >= 11 is 0. The molecule has 5 nitrogen and oxygen atoms in total. The van der Waals surface area contributed by atoms with Gasteiger partial charge >= 0.3 is 0 Å². The lowest BCUT2D eigenvalue weighted by Gasteiger charge is -2.23. The van der Waals surface area contributed by atoms with Crippen molar-refractivity contribution in [3.05, 3.63) is 30.2 Å². The van der Waals surface area contributed by atoms with Crippen LogP contribution in [0.1, 0.15) is 18.7 Å². The number of rotatable bonds is 3. The van der Waals surface area contributed by atoms with Crippen LogP contribution in [0.4, 0.5) is 0 Å². The Bertz CT molecular complexity index is 486. The van der Waals surface area contributed by atoms with Crippen LogP contribution in [0, 0.1) is 0 Å². The molecule has 0 aromatic carbocycles. The third kappa shape index (κ3) is 2.30. The Morgan fingerprint density at radius 2 is 2.18 bits per heavy atom. The van der Waals surface area contributed by atoms with Crippen molar-refractivity contribution in [3.63, 3.8) is 0 Å². The van der Waals surface area contributed by atoms with Gasteiger partial charge < -0.3 is 10.6 Å². The van der Waals surface area contributed by atoms with Gasteiger partial charge in [0.1, 0.15) is 0 Å². The summed E-state index contributed by atoms with van der Waals surface area (Å²) in [6.07, 6.45) is 4.39. The zero-order chi connectivity index (χ0) is 11.5.